The zero-order valence-electron chi connectivity index (χ0n) is 12.8. The van der Waals surface area contributed by atoms with Crippen molar-refractivity contribution in [2.75, 3.05) is 0 Å². The van der Waals surface area contributed by atoms with Crippen molar-refractivity contribution in [3.63, 3.8) is 0 Å². The van der Waals surface area contributed by atoms with E-state index in [1.807, 2.05) is 0 Å². The fourth-order valence-corrected chi connectivity index (χ4v) is 2.17. The fraction of sp³-hybridized carbons (Fsp3) is 0.778. The lowest BCUT2D eigenvalue weighted by molar-refractivity contribution is 0.566. The third kappa shape index (κ3) is 15.5. The van der Waals surface area contributed by atoms with Crippen LogP contribution >= 0.6 is 0 Å². The van der Waals surface area contributed by atoms with Gasteiger partial charge in [0.15, 0.2) is 0 Å². The van der Waals surface area contributed by atoms with E-state index in [-0.39, 0.29) is 0 Å². The summed E-state index contributed by atoms with van der Waals surface area (Å²) in [6.07, 6.45) is 25.6. The van der Waals surface area contributed by atoms with Crippen molar-refractivity contribution < 1.29 is 0 Å². The maximum atomic E-state index is 2.37. The van der Waals surface area contributed by atoms with Crippen molar-refractivity contribution >= 4 is 0 Å². The van der Waals surface area contributed by atoms with E-state index < -0.39 is 0 Å². The smallest absolute Gasteiger partial charge is 0.0316 e. The minimum Gasteiger partial charge on any atom is -0.0917 e. The van der Waals surface area contributed by atoms with Gasteiger partial charge in [0.1, 0.15) is 0 Å². The van der Waals surface area contributed by atoms with E-state index >= 15 is 0 Å². The second-order valence-electron chi connectivity index (χ2n) is 5.23. The van der Waals surface area contributed by atoms with Gasteiger partial charge in [0.25, 0.3) is 0 Å². The minimum absolute atomic E-state index is 1.20. The summed E-state index contributed by atoms with van der Waals surface area (Å²) < 4.78 is 0. The molecule has 0 aliphatic heterocycles. The topological polar surface area (TPSA) is 0 Å². The first-order valence-corrected chi connectivity index (χ1v) is 8.18. The molecule has 0 N–H and O–H groups in total. The third-order valence-corrected chi connectivity index (χ3v) is 3.38. The molecule has 0 heterocycles. The Labute approximate surface area is 116 Å². The van der Waals surface area contributed by atoms with E-state index in [2.05, 4.69) is 38.2 Å². The van der Waals surface area contributed by atoms with Crippen LogP contribution in [0.1, 0.15) is 90.9 Å². The van der Waals surface area contributed by atoms with Gasteiger partial charge in [-0.15, -0.1) is 0 Å². The molecule has 0 amide bonds. The first kappa shape index (κ1) is 17.5. The second kappa shape index (κ2) is 16.5. The Bertz CT molecular complexity index is 188. The molecule has 0 spiro atoms. The average molecular weight is 250 g/mol. The summed E-state index contributed by atoms with van der Waals surface area (Å²) in [5.41, 5.74) is 0. The Hall–Kier alpha value is -0.520. The number of allylic oxidation sites excluding steroid dienone is 4. The van der Waals surface area contributed by atoms with Crippen LogP contribution in [0.5, 0.6) is 0 Å². The quantitative estimate of drug-likeness (QED) is 0.248. The summed E-state index contributed by atoms with van der Waals surface area (Å²) in [7, 11) is 0. The molecule has 0 rings (SSSR count). The van der Waals surface area contributed by atoms with Gasteiger partial charge in [-0.3, -0.25) is 0 Å². The monoisotopic (exact) mass is 250 g/mol. The summed E-state index contributed by atoms with van der Waals surface area (Å²) in [5.74, 6) is 0. The molecule has 0 saturated carbocycles. The Morgan fingerprint density at radius 3 is 1.67 bits per heavy atom. The Morgan fingerprint density at radius 1 is 0.556 bits per heavy atom. The molecule has 0 atom stereocenters. The van der Waals surface area contributed by atoms with Crippen molar-refractivity contribution in [1.82, 2.24) is 0 Å². The van der Waals surface area contributed by atoms with Gasteiger partial charge in [0, 0.05) is 0 Å². The molecular weight excluding hydrogens is 216 g/mol. The van der Waals surface area contributed by atoms with Gasteiger partial charge >= 0.3 is 0 Å². The van der Waals surface area contributed by atoms with Crippen LogP contribution < -0.4 is 0 Å². The average Bonchev–Trinajstić information content (AvgIpc) is 2.39. The zero-order valence-corrected chi connectivity index (χ0v) is 12.8. The lowest BCUT2D eigenvalue weighted by Gasteiger charge is -2.00. The van der Waals surface area contributed by atoms with Gasteiger partial charge in [0.2, 0.25) is 0 Å². The largest absolute Gasteiger partial charge is 0.0917 e. The molecule has 0 aliphatic rings. The van der Waals surface area contributed by atoms with Gasteiger partial charge in [-0.05, 0) is 32.6 Å². The molecule has 0 fully saturated rings. The summed E-state index contributed by atoms with van der Waals surface area (Å²) in [6.45, 7) is 4.37. The van der Waals surface area contributed by atoms with E-state index in [9.17, 15) is 0 Å². The van der Waals surface area contributed by atoms with Crippen molar-refractivity contribution in [2.24, 2.45) is 0 Å². The maximum absolute atomic E-state index is 2.37. The minimum atomic E-state index is 1.20. The number of unbranched alkanes of at least 4 members (excludes halogenated alkanes) is 10. The van der Waals surface area contributed by atoms with Crippen LogP contribution in [0, 0.1) is 0 Å². The lowest BCUT2D eigenvalue weighted by Crippen LogP contribution is -1.80. The molecular formula is C18H34. The summed E-state index contributed by atoms with van der Waals surface area (Å²) >= 11 is 0. The van der Waals surface area contributed by atoms with Gasteiger partial charge in [-0.1, -0.05) is 82.6 Å². The summed E-state index contributed by atoms with van der Waals surface area (Å²) in [5, 5.41) is 0. The molecule has 0 radical (unpaired) electrons. The van der Waals surface area contributed by atoms with E-state index in [1.165, 1.54) is 77.0 Å². The van der Waals surface area contributed by atoms with Crippen molar-refractivity contribution in [3.8, 4) is 0 Å². The van der Waals surface area contributed by atoms with Crippen LogP contribution in [0.3, 0.4) is 0 Å². The molecule has 0 aliphatic carbocycles. The highest BCUT2D eigenvalue weighted by atomic mass is 14.0. The molecule has 0 saturated heterocycles. The standard InChI is InChI=1S/C18H34/c1-3-5-7-9-11-13-15-17-18-16-14-12-10-8-6-4-2/h3,5,11,13H,4,6-10,12,14-18H2,1-2H3/b5-3+,13-11+. The Balaban J connectivity index is 3.02. The van der Waals surface area contributed by atoms with Crippen LogP contribution in [0.2, 0.25) is 0 Å². The predicted molar refractivity (Wildman–Crippen MR) is 85.0 cm³/mol. The molecule has 0 heteroatoms. The van der Waals surface area contributed by atoms with Crippen LogP contribution in [0.15, 0.2) is 24.3 Å². The molecule has 106 valence electrons. The van der Waals surface area contributed by atoms with Gasteiger partial charge in [0.05, 0.1) is 0 Å². The van der Waals surface area contributed by atoms with Gasteiger partial charge in [-0.25, -0.2) is 0 Å². The first-order valence-electron chi connectivity index (χ1n) is 8.18. The molecule has 0 aromatic rings. The third-order valence-electron chi connectivity index (χ3n) is 3.38. The van der Waals surface area contributed by atoms with Crippen LogP contribution in [0.25, 0.3) is 0 Å². The highest BCUT2D eigenvalue weighted by Crippen LogP contribution is 2.10. The SMILES string of the molecule is C/C=C/CC/C=C/CCCCCCCCCCC. The Morgan fingerprint density at radius 2 is 1.06 bits per heavy atom. The zero-order chi connectivity index (χ0) is 13.3. The van der Waals surface area contributed by atoms with E-state index in [0.29, 0.717) is 0 Å². The summed E-state index contributed by atoms with van der Waals surface area (Å²) in [6, 6.07) is 0. The van der Waals surface area contributed by atoms with Gasteiger partial charge in [-0.2, -0.15) is 0 Å². The molecule has 0 nitrogen and oxygen atoms in total. The summed E-state index contributed by atoms with van der Waals surface area (Å²) in [4.78, 5) is 0. The van der Waals surface area contributed by atoms with E-state index in [0.717, 1.165) is 0 Å². The van der Waals surface area contributed by atoms with Crippen molar-refractivity contribution in [3.05, 3.63) is 24.3 Å². The lowest BCUT2D eigenvalue weighted by atomic mass is 10.1. The fourth-order valence-electron chi connectivity index (χ4n) is 2.17. The number of hydrogen-bond donors (Lipinski definition) is 0. The van der Waals surface area contributed by atoms with Crippen molar-refractivity contribution in [1.29, 1.82) is 0 Å². The normalized spacial score (nSPS) is 11.9. The van der Waals surface area contributed by atoms with E-state index in [1.54, 1.807) is 0 Å². The number of hydrogen-bond acceptors (Lipinski definition) is 0. The van der Waals surface area contributed by atoms with Crippen molar-refractivity contribution in [2.45, 2.75) is 90.9 Å². The first-order chi connectivity index (χ1) is 8.91. The van der Waals surface area contributed by atoms with Crippen LogP contribution in [-0.2, 0) is 0 Å². The molecule has 18 heavy (non-hydrogen) atoms. The van der Waals surface area contributed by atoms with Gasteiger partial charge < -0.3 is 0 Å². The molecule has 0 aromatic heterocycles. The van der Waals surface area contributed by atoms with E-state index in [4.69, 9.17) is 0 Å². The van der Waals surface area contributed by atoms with Crippen LogP contribution in [-0.4, -0.2) is 0 Å². The second-order valence-corrected chi connectivity index (χ2v) is 5.23. The molecule has 0 bridgehead atoms. The predicted octanol–water partition coefficient (Wildman–Crippen LogP) is 6.82. The Kier molecular flexibility index (Phi) is 16.0. The number of rotatable bonds is 13. The van der Waals surface area contributed by atoms with Crippen LogP contribution in [0.4, 0.5) is 0 Å². The maximum Gasteiger partial charge on any atom is -0.0316 e. The highest BCUT2D eigenvalue weighted by Gasteiger charge is 1.90. The molecule has 0 aromatic carbocycles. The highest BCUT2D eigenvalue weighted by molar-refractivity contribution is 4.86. The molecule has 0 unspecified atom stereocenters.